The predicted octanol–water partition coefficient (Wildman–Crippen LogP) is -1.41. The number of aliphatic hydroxyl groups excluding tert-OH is 4. The third-order valence-corrected chi connectivity index (χ3v) is 3.32. The van der Waals surface area contributed by atoms with Gasteiger partial charge in [0.1, 0.15) is 12.7 Å². The molecule has 1 aromatic rings. The Kier molecular flexibility index (Phi) is 6.48. The second-order valence-corrected chi connectivity index (χ2v) is 5.16. The quantitative estimate of drug-likeness (QED) is 0.414. The molecule has 0 spiro atoms. The summed E-state index contributed by atoms with van der Waals surface area (Å²) in [4.78, 5) is 23.5. The molecule has 1 aliphatic heterocycles. The maximum atomic E-state index is 11.9. The van der Waals surface area contributed by atoms with E-state index in [4.69, 9.17) is 24.4 Å². The van der Waals surface area contributed by atoms with Crippen LogP contribution in [0.3, 0.4) is 0 Å². The number of benzene rings is 1. The van der Waals surface area contributed by atoms with Crippen molar-refractivity contribution in [2.45, 2.75) is 24.9 Å². The molecule has 1 aromatic carbocycles. The van der Waals surface area contributed by atoms with Crippen LogP contribution in [0.4, 0.5) is 0 Å². The van der Waals surface area contributed by atoms with Crippen molar-refractivity contribution in [2.75, 3.05) is 13.2 Å². The summed E-state index contributed by atoms with van der Waals surface area (Å²) in [6, 6.07) is 8.82. The molecule has 136 valence electrons. The first-order valence-electron chi connectivity index (χ1n) is 7.39. The Hall–Kier alpha value is -2.46. The van der Waals surface area contributed by atoms with Crippen LogP contribution in [-0.4, -0.2) is 63.9 Å². The number of ether oxygens (including phenoxy) is 3. The molecule has 0 amide bonds. The van der Waals surface area contributed by atoms with E-state index >= 15 is 0 Å². The molecule has 0 saturated carbocycles. The number of cyclic esters (lactones) is 1. The summed E-state index contributed by atoms with van der Waals surface area (Å²) in [5, 5.41) is 36.9. The summed E-state index contributed by atoms with van der Waals surface area (Å²) < 4.78 is 15.1. The Morgan fingerprint density at radius 3 is 2.44 bits per heavy atom. The fraction of sp³-hybridized carbons (Fsp3) is 0.375. The molecular weight excluding hydrogens is 336 g/mol. The van der Waals surface area contributed by atoms with Crippen LogP contribution in [0, 0.1) is 0 Å². The fourth-order valence-corrected chi connectivity index (χ4v) is 2.02. The van der Waals surface area contributed by atoms with Crippen molar-refractivity contribution in [1.29, 1.82) is 0 Å². The van der Waals surface area contributed by atoms with Crippen molar-refractivity contribution in [3.8, 4) is 0 Å². The third kappa shape index (κ3) is 4.54. The summed E-state index contributed by atoms with van der Waals surface area (Å²) >= 11 is 0. The Bertz CT molecular complexity index is 640. The van der Waals surface area contributed by atoms with Crippen LogP contribution in [-0.2, 0) is 30.4 Å². The average molecular weight is 354 g/mol. The molecule has 0 bridgehead atoms. The maximum Gasteiger partial charge on any atom is 0.378 e. The van der Waals surface area contributed by atoms with E-state index in [0.717, 1.165) is 5.56 Å². The van der Waals surface area contributed by atoms with Gasteiger partial charge in [0.05, 0.1) is 13.2 Å². The number of carbonyl (C=O) groups is 2. The number of carbonyl (C=O) groups excluding carboxylic acids is 2. The highest BCUT2D eigenvalue weighted by molar-refractivity contribution is 5.93. The van der Waals surface area contributed by atoms with Crippen LogP contribution in [0.1, 0.15) is 5.56 Å². The maximum absolute atomic E-state index is 11.9. The zero-order valence-corrected chi connectivity index (χ0v) is 13.1. The van der Waals surface area contributed by atoms with E-state index in [9.17, 15) is 19.8 Å². The van der Waals surface area contributed by atoms with Crippen molar-refractivity contribution >= 4 is 11.9 Å². The molecule has 1 aliphatic rings. The number of hydrogen-bond donors (Lipinski definition) is 4. The van der Waals surface area contributed by atoms with Gasteiger partial charge >= 0.3 is 11.9 Å². The number of hydrogen-bond acceptors (Lipinski definition) is 9. The van der Waals surface area contributed by atoms with Gasteiger partial charge in [-0.15, -0.1) is 0 Å². The van der Waals surface area contributed by atoms with E-state index in [-0.39, 0.29) is 12.4 Å². The molecule has 25 heavy (non-hydrogen) atoms. The van der Waals surface area contributed by atoms with Gasteiger partial charge in [-0.05, 0) is 5.56 Å². The van der Waals surface area contributed by atoms with Gasteiger partial charge in [-0.25, -0.2) is 9.59 Å². The van der Waals surface area contributed by atoms with E-state index in [1.807, 2.05) is 0 Å². The number of rotatable bonds is 8. The average Bonchev–Trinajstić information content (AvgIpc) is 2.95. The van der Waals surface area contributed by atoms with E-state index < -0.39 is 49.2 Å². The van der Waals surface area contributed by atoms with Gasteiger partial charge in [-0.1, -0.05) is 30.3 Å². The molecule has 1 unspecified atom stereocenters. The largest absolute Gasteiger partial charge is 0.485 e. The van der Waals surface area contributed by atoms with Crippen LogP contribution >= 0.6 is 0 Å². The predicted molar refractivity (Wildman–Crippen MR) is 80.4 cm³/mol. The van der Waals surface area contributed by atoms with Gasteiger partial charge in [0.2, 0.25) is 0 Å². The second-order valence-electron chi connectivity index (χ2n) is 5.16. The zero-order valence-electron chi connectivity index (χ0n) is 13.1. The molecule has 0 saturated heterocycles. The Labute approximate surface area is 142 Å². The molecule has 3 atom stereocenters. The SMILES string of the molecule is O=C1O[C@H]([C@@H](O)CO)C(OCc2ccccc2)=C1OC(=O)C(O)CO. The van der Waals surface area contributed by atoms with Crippen LogP contribution < -0.4 is 0 Å². The number of aliphatic hydroxyl groups is 4. The standard InChI is InChI=1S/C16H18O9/c17-6-10(19)12-13(23-8-9-4-2-1-3-5-9)14(16(22)24-12)25-15(21)11(20)7-18/h1-5,10-12,17-20H,6-8H2/t10-,11?,12+/m0/s1. The van der Waals surface area contributed by atoms with Crippen molar-refractivity contribution in [1.82, 2.24) is 0 Å². The van der Waals surface area contributed by atoms with Crippen LogP contribution in [0.2, 0.25) is 0 Å². The van der Waals surface area contributed by atoms with Gasteiger partial charge in [0.25, 0.3) is 5.76 Å². The van der Waals surface area contributed by atoms with Gasteiger partial charge < -0.3 is 34.6 Å². The lowest BCUT2D eigenvalue weighted by atomic mass is 10.2. The minimum Gasteiger partial charge on any atom is -0.485 e. The van der Waals surface area contributed by atoms with Crippen molar-refractivity contribution in [3.63, 3.8) is 0 Å². The first-order valence-corrected chi connectivity index (χ1v) is 7.39. The minimum atomic E-state index is -1.85. The van der Waals surface area contributed by atoms with Gasteiger partial charge in [-0.3, -0.25) is 0 Å². The summed E-state index contributed by atoms with van der Waals surface area (Å²) in [7, 11) is 0. The molecule has 9 heteroatoms. The highest BCUT2D eigenvalue weighted by Gasteiger charge is 2.43. The molecular formula is C16H18O9. The van der Waals surface area contributed by atoms with E-state index in [2.05, 4.69) is 0 Å². The highest BCUT2D eigenvalue weighted by Crippen LogP contribution is 2.28. The summed E-state index contributed by atoms with van der Waals surface area (Å²) in [5.41, 5.74) is 0.729. The molecule has 9 nitrogen and oxygen atoms in total. The molecule has 1 heterocycles. The monoisotopic (exact) mass is 354 g/mol. The smallest absolute Gasteiger partial charge is 0.378 e. The third-order valence-electron chi connectivity index (χ3n) is 3.32. The summed E-state index contributed by atoms with van der Waals surface area (Å²) in [6.07, 6.45) is -4.71. The first-order chi connectivity index (χ1) is 12.0. The Morgan fingerprint density at radius 1 is 1.16 bits per heavy atom. The normalized spacial score (nSPS) is 19.4. The van der Waals surface area contributed by atoms with Gasteiger partial charge in [0, 0.05) is 0 Å². The van der Waals surface area contributed by atoms with Crippen LogP contribution in [0.15, 0.2) is 41.9 Å². The lowest BCUT2D eigenvalue weighted by Crippen LogP contribution is -2.32. The Balaban J connectivity index is 2.24. The van der Waals surface area contributed by atoms with Gasteiger partial charge in [0.15, 0.2) is 18.0 Å². The van der Waals surface area contributed by atoms with Crippen molar-refractivity contribution < 1.29 is 44.2 Å². The molecule has 0 aromatic heterocycles. The van der Waals surface area contributed by atoms with E-state index in [1.54, 1.807) is 30.3 Å². The summed E-state index contributed by atoms with van der Waals surface area (Å²) in [5.74, 6) is -3.31. The first kappa shape index (κ1) is 18.9. The topological polar surface area (TPSA) is 143 Å². The van der Waals surface area contributed by atoms with Gasteiger partial charge in [-0.2, -0.15) is 0 Å². The zero-order chi connectivity index (χ0) is 18.4. The molecule has 0 radical (unpaired) electrons. The second kappa shape index (κ2) is 8.58. The van der Waals surface area contributed by atoms with Crippen LogP contribution in [0.25, 0.3) is 0 Å². The lowest BCUT2D eigenvalue weighted by Gasteiger charge is -2.18. The van der Waals surface area contributed by atoms with Crippen LogP contribution in [0.5, 0.6) is 0 Å². The minimum absolute atomic E-state index is 0.0228. The molecule has 0 aliphatic carbocycles. The highest BCUT2D eigenvalue weighted by atomic mass is 16.6. The number of esters is 2. The van der Waals surface area contributed by atoms with Crippen molar-refractivity contribution in [3.05, 3.63) is 47.4 Å². The molecule has 2 rings (SSSR count). The van der Waals surface area contributed by atoms with E-state index in [0.29, 0.717) is 0 Å². The Morgan fingerprint density at radius 2 is 1.84 bits per heavy atom. The van der Waals surface area contributed by atoms with E-state index in [1.165, 1.54) is 0 Å². The van der Waals surface area contributed by atoms with Crippen molar-refractivity contribution in [2.24, 2.45) is 0 Å². The lowest BCUT2D eigenvalue weighted by molar-refractivity contribution is -0.158. The fourth-order valence-electron chi connectivity index (χ4n) is 2.02. The molecule has 4 N–H and O–H groups in total. The molecule has 0 fully saturated rings. The summed E-state index contributed by atoms with van der Waals surface area (Å²) in [6.45, 7) is -1.65.